The lowest BCUT2D eigenvalue weighted by Gasteiger charge is -2.23. The van der Waals surface area contributed by atoms with Crippen LogP contribution in [0.4, 0.5) is 0 Å². The molecule has 3 atom stereocenters. The Balaban J connectivity index is 1.81. The molecule has 0 unspecified atom stereocenters. The number of hydrogen-bond donors (Lipinski definition) is 6. The highest BCUT2D eigenvalue weighted by Gasteiger charge is 2.28. The predicted molar refractivity (Wildman–Crippen MR) is 127 cm³/mol. The standard InChI is InChI=1S/C24H28N6O4/c25-17(12-21(26)31)23(33)30-20(11-15-13-28-18-9-5-4-8-16(15)18)24(34)29-19(22(27)32)10-14-6-2-1-3-7-14/h1-9,13,17,19-20,28H,10-12,25H2,(H2,26,31)(H2,27,32)(H,29,34)(H,30,33)/t17-,19-,20-/m0/s1. The van der Waals surface area contributed by atoms with E-state index in [-0.39, 0.29) is 19.3 Å². The first-order valence-electron chi connectivity index (χ1n) is 10.8. The van der Waals surface area contributed by atoms with Crippen molar-refractivity contribution in [2.75, 3.05) is 0 Å². The van der Waals surface area contributed by atoms with Crippen LogP contribution >= 0.6 is 0 Å². The Kier molecular flexibility index (Phi) is 7.99. The van der Waals surface area contributed by atoms with Gasteiger partial charge in [0.15, 0.2) is 0 Å². The number of fused-ring (bicyclic) bond motifs is 1. The topological polar surface area (TPSA) is 186 Å². The fourth-order valence-corrected chi connectivity index (χ4v) is 3.66. The highest BCUT2D eigenvalue weighted by Crippen LogP contribution is 2.19. The summed E-state index contributed by atoms with van der Waals surface area (Å²) in [7, 11) is 0. The molecule has 10 nitrogen and oxygen atoms in total. The smallest absolute Gasteiger partial charge is 0.243 e. The Labute approximate surface area is 196 Å². The molecule has 0 saturated heterocycles. The van der Waals surface area contributed by atoms with Crippen molar-refractivity contribution in [3.8, 4) is 0 Å². The van der Waals surface area contributed by atoms with Crippen LogP contribution in [0.3, 0.4) is 0 Å². The number of nitrogens with two attached hydrogens (primary N) is 3. The normalized spacial score (nSPS) is 13.6. The van der Waals surface area contributed by atoms with E-state index in [4.69, 9.17) is 17.2 Å². The molecule has 2 aromatic carbocycles. The molecule has 0 aliphatic heterocycles. The van der Waals surface area contributed by atoms with E-state index in [0.29, 0.717) is 0 Å². The van der Waals surface area contributed by atoms with E-state index in [0.717, 1.165) is 22.0 Å². The summed E-state index contributed by atoms with van der Waals surface area (Å²) >= 11 is 0. The van der Waals surface area contributed by atoms with E-state index < -0.39 is 41.8 Å². The summed E-state index contributed by atoms with van der Waals surface area (Å²) in [5.41, 5.74) is 18.9. The van der Waals surface area contributed by atoms with Gasteiger partial charge in [0.2, 0.25) is 23.6 Å². The highest BCUT2D eigenvalue weighted by atomic mass is 16.2. The first-order chi connectivity index (χ1) is 16.2. The Morgan fingerprint density at radius 3 is 2.15 bits per heavy atom. The van der Waals surface area contributed by atoms with Gasteiger partial charge in [-0.2, -0.15) is 0 Å². The molecule has 3 rings (SSSR count). The molecule has 0 spiro atoms. The van der Waals surface area contributed by atoms with Crippen LogP contribution in [-0.2, 0) is 32.0 Å². The Morgan fingerprint density at radius 1 is 0.824 bits per heavy atom. The van der Waals surface area contributed by atoms with E-state index in [1.165, 1.54) is 0 Å². The summed E-state index contributed by atoms with van der Waals surface area (Å²) in [4.78, 5) is 52.1. The van der Waals surface area contributed by atoms with E-state index >= 15 is 0 Å². The van der Waals surface area contributed by atoms with Gasteiger partial charge < -0.3 is 32.8 Å². The van der Waals surface area contributed by atoms with Crippen LogP contribution in [0.5, 0.6) is 0 Å². The maximum Gasteiger partial charge on any atom is 0.243 e. The van der Waals surface area contributed by atoms with Crippen molar-refractivity contribution in [2.24, 2.45) is 17.2 Å². The van der Waals surface area contributed by atoms with Gasteiger partial charge in [0.05, 0.1) is 12.5 Å². The summed E-state index contributed by atoms with van der Waals surface area (Å²) in [5, 5.41) is 6.10. The van der Waals surface area contributed by atoms with Gasteiger partial charge in [-0.15, -0.1) is 0 Å². The summed E-state index contributed by atoms with van der Waals surface area (Å²) < 4.78 is 0. The zero-order chi connectivity index (χ0) is 24.7. The average molecular weight is 465 g/mol. The fraction of sp³-hybridized carbons (Fsp3) is 0.250. The van der Waals surface area contributed by atoms with Gasteiger partial charge in [0, 0.05) is 29.9 Å². The lowest BCUT2D eigenvalue weighted by molar-refractivity contribution is -0.132. The maximum absolute atomic E-state index is 13.2. The molecule has 0 aliphatic carbocycles. The highest BCUT2D eigenvalue weighted by molar-refractivity contribution is 5.94. The SMILES string of the molecule is NC(=O)C[C@H](N)C(=O)N[C@@H](Cc1c[nH]c2ccccc12)C(=O)N[C@@H](Cc1ccccc1)C(N)=O. The van der Waals surface area contributed by atoms with Gasteiger partial charge in [-0.1, -0.05) is 48.5 Å². The number of aromatic amines is 1. The molecular weight excluding hydrogens is 436 g/mol. The first-order valence-corrected chi connectivity index (χ1v) is 10.8. The second kappa shape index (κ2) is 11.1. The number of carbonyl (C=O) groups is 4. The Bertz CT molecular complexity index is 1180. The molecule has 0 aliphatic rings. The molecule has 1 heterocycles. The molecule has 3 aromatic rings. The second-order valence-corrected chi connectivity index (χ2v) is 8.05. The van der Waals surface area contributed by atoms with Crippen molar-refractivity contribution in [3.63, 3.8) is 0 Å². The third-order valence-corrected chi connectivity index (χ3v) is 5.43. The summed E-state index contributed by atoms with van der Waals surface area (Å²) in [6.07, 6.45) is 1.68. The van der Waals surface area contributed by atoms with Crippen LogP contribution in [-0.4, -0.2) is 46.7 Å². The number of para-hydroxylation sites is 1. The van der Waals surface area contributed by atoms with Crippen LogP contribution in [0, 0.1) is 0 Å². The van der Waals surface area contributed by atoms with Gasteiger partial charge in [-0.05, 0) is 17.2 Å². The molecule has 1 aromatic heterocycles. The minimum absolute atomic E-state index is 0.113. The molecule has 10 heteroatoms. The number of carbonyl (C=O) groups excluding carboxylic acids is 4. The van der Waals surface area contributed by atoms with Crippen molar-refractivity contribution in [3.05, 3.63) is 71.9 Å². The summed E-state index contributed by atoms with van der Waals surface area (Å²) in [6, 6.07) is 13.3. The first kappa shape index (κ1) is 24.5. The maximum atomic E-state index is 13.2. The largest absolute Gasteiger partial charge is 0.370 e. The van der Waals surface area contributed by atoms with Gasteiger partial charge in [-0.3, -0.25) is 19.2 Å². The van der Waals surface area contributed by atoms with Crippen LogP contribution in [0.1, 0.15) is 17.5 Å². The molecule has 0 saturated carbocycles. The van der Waals surface area contributed by atoms with Crippen molar-refractivity contribution in [2.45, 2.75) is 37.4 Å². The van der Waals surface area contributed by atoms with Crippen LogP contribution in [0.2, 0.25) is 0 Å². The number of aromatic nitrogens is 1. The number of H-pyrrole nitrogens is 1. The van der Waals surface area contributed by atoms with Crippen LogP contribution in [0.15, 0.2) is 60.8 Å². The zero-order valence-corrected chi connectivity index (χ0v) is 18.5. The van der Waals surface area contributed by atoms with Gasteiger partial charge in [-0.25, -0.2) is 0 Å². The molecule has 4 amide bonds. The van der Waals surface area contributed by atoms with Crippen molar-refractivity contribution >= 4 is 34.5 Å². The second-order valence-electron chi connectivity index (χ2n) is 8.05. The number of benzene rings is 2. The van der Waals surface area contributed by atoms with Gasteiger partial charge in [0.25, 0.3) is 0 Å². The summed E-state index contributed by atoms with van der Waals surface area (Å²) in [6.45, 7) is 0. The quantitative estimate of drug-likeness (QED) is 0.225. The molecule has 9 N–H and O–H groups in total. The third-order valence-electron chi connectivity index (χ3n) is 5.43. The Morgan fingerprint density at radius 2 is 1.47 bits per heavy atom. The van der Waals surface area contributed by atoms with Crippen molar-refractivity contribution in [1.29, 1.82) is 0 Å². The zero-order valence-electron chi connectivity index (χ0n) is 18.5. The van der Waals surface area contributed by atoms with Gasteiger partial charge >= 0.3 is 0 Å². The minimum atomic E-state index is -1.22. The van der Waals surface area contributed by atoms with Gasteiger partial charge in [0.1, 0.15) is 12.1 Å². The molecular formula is C24H28N6O4. The van der Waals surface area contributed by atoms with E-state index in [2.05, 4.69) is 15.6 Å². The molecule has 178 valence electrons. The van der Waals surface area contributed by atoms with E-state index in [1.54, 1.807) is 6.20 Å². The van der Waals surface area contributed by atoms with Crippen molar-refractivity contribution < 1.29 is 19.2 Å². The molecule has 0 fully saturated rings. The number of hydrogen-bond acceptors (Lipinski definition) is 5. The number of nitrogens with one attached hydrogen (secondary N) is 3. The van der Waals surface area contributed by atoms with Crippen LogP contribution < -0.4 is 27.8 Å². The van der Waals surface area contributed by atoms with Crippen molar-refractivity contribution in [1.82, 2.24) is 15.6 Å². The fourth-order valence-electron chi connectivity index (χ4n) is 3.66. The number of rotatable bonds is 11. The number of primary amides is 2. The van der Waals surface area contributed by atoms with E-state index in [1.807, 2.05) is 54.6 Å². The Hall–Kier alpha value is -4.18. The monoisotopic (exact) mass is 464 g/mol. The molecule has 0 radical (unpaired) electrons. The lowest BCUT2D eigenvalue weighted by atomic mass is 10.0. The molecule has 34 heavy (non-hydrogen) atoms. The third kappa shape index (κ3) is 6.42. The molecule has 0 bridgehead atoms. The number of amides is 4. The average Bonchev–Trinajstić information content (AvgIpc) is 3.21. The minimum Gasteiger partial charge on any atom is -0.370 e. The van der Waals surface area contributed by atoms with E-state index in [9.17, 15) is 19.2 Å². The lowest BCUT2D eigenvalue weighted by Crippen LogP contribution is -2.56. The predicted octanol–water partition coefficient (Wildman–Crippen LogP) is -0.389. The summed E-state index contributed by atoms with van der Waals surface area (Å²) in [5.74, 6) is -2.76. The van der Waals surface area contributed by atoms with Crippen LogP contribution in [0.25, 0.3) is 10.9 Å².